The summed E-state index contributed by atoms with van der Waals surface area (Å²) in [5.74, 6) is -1.48. The van der Waals surface area contributed by atoms with E-state index < -0.39 is 11.8 Å². The largest absolute Gasteiger partial charge is 0.465 e. The van der Waals surface area contributed by atoms with Crippen LogP contribution in [0.1, 0.15) is 77.0 Å². The Bertz CT molecular complexity index is 495. The van der Waals surface area contributed by atoms with E-state index >= 15 is 0 Å². The molecule has 0 aromatic carbocycles. The number of rotatable bonds is 16. The number of allylic oxidation sites excluding steroid dienone is 3. The molecule has 0 saturated heterocycles. The average molecular weight is 391 g/mol. The maximum absolute atomic E-state index is 12.4. The third-order valence-corrected chi connectivity index (χ3v) is 5.09. The van der Waals surface area contributed by atoms with Gasteiger partial charge < -0.3 is 9.47 Å². The highest BCUT2D eigenvalue weighted by Crippen LogP contribution is 2.27. The van der Waals surface area contributed by atoms with Crippen LogP contribution in [0, 0.1) is 11.8 Å². The third kappa shape index (κ3) is 10.5. The van der Waals surface area contributed by atoms with Gasteiger partial charge in [0.2, 0.25) is 0 Å². The Hall–Kier alpha value is -1.84. The summed E-state index contributed by atoms with van der Waals surface area (Å²) in [6, 6.07) is 0. The van der Waals surface area contributed by atoms with Gasteiger partial charge in [-0.2, -0.15) is 0 Å². The summed E-state index contributed by atoms with van der Waals surface area (Å²) in [5, 5.41) is 0. The van der Waals surface area contributed by atoms with Gasteiger partial charge in [0.25, 0.3) is 0 Å². The van der Waals surface area contributed by atoms with Crippen LogP contribution < -0.4 is 0 Å². The Labute approximate surface area is 171 Å². The fourth-order valence-corrected chi connectivity index (χ4v) is 3.38. The molecule has 4 heteroatoms. The van der Waals surface area contributed by atoms with Crippen molar-refractivity contribution in [1.82, 2.24) is 0 Å². The lowest BCUT2D eigenvalue weighted by molar-refractivity contribution is -0.159. The molecule has 158 valence electrons. The van der Waals surface area contributed by atoms with Crippen molar-refractivity contribution in [3.05, 3.63) is 37.5 Å². The van der Waals surface area contributed by atoms with Crippen LogP contribution >= 0.6 is 0 Å². The molecule has 0 N–H and O–H groups in total. The van der Waals surface area contributed by atoms with Gasteiger partial charge in [0.05, 0.1) is 25.0 Å². The lowest BCUT2D eigenvalue weighted by Crippen LogP contribution is -2.33. The summed E-state index contributed by atoms with van der Waals surface area (Å²) < 4.78 is 10.9. The van der Waals surface area contributed by atoms with Crippen LogP contribution in [0.15, 0.2) is 37.5 Å². The number of hydrogen-bond donors (Lipinski definition) is 0. The van der Waals surface area contributed by atoms with Gasteiger partial charge >= 0.3 is 11.9 Å². The molecule has 0 fully saturated rings. The molecule has 0 bridgehead atoms. The third-order valence-electron chi connectivity index (χ3n) is 5.09. The first-order valence-electron chi connectivity index (χ1n) is 10.9. The molecule has 0 aliphatic heterocycles. The van der Waals surface area contributed by atoms with Crippen LogP contribution in [0.25, 0.3) is 0 Å². The number of esters is 2. The Morgan fingerprint density at radius 3 is 1.93 bits per heavy atom. The second-order valence-corrected chi connectivity index (χ2v) is 7.46. The van der Waals surface area contributed by atoms with Gasteiger partial charge in [-0.05, 0) is 51.4 Å². The van der Waals surface area contributed by atoms with Gasteiger partial charge in [0.1, 0.15) is 0 Å². The van der Waals surface area contributed by atoms with Crippen molar-refractivity contribution >= 4 is 11.9 Å². The quantitative estimate of drug-likeness (QED) is 0.186. The Kier molecular flexibility index (Phi) is 14.0. The van der Waals surface area contributed by atoms with Crippen LogP contribution in [-0.2, 0) is 19.1 Å². The lowest BCUT2D eigenvalue weighted by Gasteiger charge is -2.24. The lowest BCUT2D eigenvalue weighted by atomic mass is 9.84. The summed E-state index contributed by atoms with van der Waals surface area (Å²) in [6.07, 6.45) is 19.5. The van der Waals surface area contributed by atoms with Crippen LogP contribution in [0.3, 0.4) is 0 Å². The SMILES string of the molecule is C=CCCCCCCOC(=O)C1C=CCCC1C(=O)OCCCCCCC=C. The van der Waals surface area contributed by atoms with E-state index in [9.17, 15) is 9.59 Å². The minimum absolute atomic E-state index is 0.262. The molecular weight excluding hydrogens is 352 g/mol. The Morgan fingerprint density at radius 1 is 0.821 bits per heavy atom. The molecule has 0 aromatic rings. The zero-order valence-corrected chi connectivity index (χ0v) is 17.4. The summed E-state index contributed by atoms with van der Waals surface area (Å²) in [7, 11) is 0. The molecule has 0 spiro atoms. The van der Waals surface area contributed by atoms with E-state index in [1.807, 2.05) is 24.3 Å². The van der Waals surface area contributed by atoms with Gasteiger partial charge in [-0.25, -0.2) is 0 Å². The van der Waals surface area contributed by atoms with Crippen LogP contribution in [0.2, 0.25) is 0 Å². The Morgan fingerprint density at radius 2 is 1.36 bits per heavy atom. The monoisotopic (exact) mass is 390 g/mol. The molecular formula is C24H38O4. The van der Waals surface area contributed by atoms with Gasteiger partial charge in [-0.15, -0.1) is 13.2 Å². The van der Waals surface area contributed by atoms with Crippen molar-refractivity contribution in [2.45, 2.75) is 77.0 Å². The number of unbranched alkanes of at least 4 members (excludes halogenated alkanes) is 8. The normalized spacial score (nSPS) is 18.4. The number of ether oxygens (including phenoxy) is 2. The number of carbonyl (C=O) groups excluding carboxylic acids is 2. The second kappa shape index (κ2) is 16.1. The van der Waals surface area contributed by atoms with E-state index in [4.69, 9.17) is 9.47 Å². The molecule has 0 saturated carbocycles. The van der Waals surface area contributed by atoms with E-state index in [1.165, 1.54) is 0 Å². The van der Waals surface area contributed by atoms with Crippen LogP contribution in [-0.4, -0.2) is 25.2 Å². The van der Waals surface area contributed by atoms with E-state index in [-0.39, 0.29) is 11.9 Å². The zero-order chi connectivity index (χ0) is 20.5. The predicted molar refractivity (Wildman–Crippen MR) is 114 cm³/mol. The molecule has 1 rings (SSSR count). The fraction of sp³-hybridized carbons (Fsp3) is 0.667. The average Bonchev–Trinajstić information content (AvgIpc) is 2.72. The van der Waals surface area contributed by atoms with Gasteiger partial charge in [-0.3, -0.25) is 9.59 Å². The topological polar surface area (TPSA) is 52.6 Å². The molecule has 4 nitrogen and oxygen atoms in total. The van der Waals surface area contributed by atoms with Gasteiger partial charge in [-0.1, -0.05) is 50.0 Å². The van der Waals surface area contributed by atoms with E-state index in [1.54, 1.807) is 0 Å². The molecule has 2 unspecified atom stereocenters. The summed E-state index contributed by atoms with van der Waals surface area (Å²) in [5.41, 5.74) is 0. The first-order valence-corrected chi connectivity index (χ1v) is 10.9. The van der Waals surface area contributed by atoms with E-state index in [0.29, 0.717) is 19.6 Å². The highest BCUT2D eigenvalue weighted by Gasteiger charge is 2.35. The van der Waals surface area contributed by atoms with E-state index in [0.717, 1.165) is 70.6 Å². The highest BCUT2D eigenvalue weighted by atomic mass is 16.5. The highest BCUT2D eigenvalue weighted by molar-refractivity contribution is 5.83. The summed E-state index contributed by atoms with van der Waals surface area (Å²) >= 11 is 0. The van der Waals surface area contributed by atoms with Crippen molar-refractivity contribution in [1.29, 1.82) is 0 Å². The van der Waals surface area contributed by atoms with Gasteiger partial charge in [0, 0.05) is 0 Å². The molecule has 0 aromatic heterocycles. The van der Waals surface area contributed by atoms with Crippen LogP contribution in [0.4, 0.5) is 0 Å². The standard InChI is InChI=1S/C24H38O4/c1-3-5-7-9-11-15-19-27-23(25)21-17-13-14-18-22(21)24(26)28-20-16-12-10-8-6-4-2/h3-4,13,17,21-22H,1-2,5-12,14-16,18-20H2. The van der Waals surface area contributed by atoms with Crippen molar-refractivity contribution < 1.29 is 19.1 Å². The molecule has 1 aliphatic carbocycles. The van der Waals surface area contributed by atoms with Crippen molar-refractivity contribution in [2.75, 3.05) is 13.2 Å². The summed E-state index contributed by atoms with van der Waals surface area (Å²) in [6.45, 7) is 8.28. The predicted octanol–water partition coefficient (Wildman–Crippen LogP) is 5.93. The molecule has 1 aliphatic rings. The minimum Gasteiger partial charge on any atom is -0.465 e. The van der Waals surface area contributed by atoms with Crippen LogP contribution in [0.5, 0.6) is 0 Å². The van der Waals surface area contributed by atoms with Crippen molar-refractivity contribution in [2.24, 2.45) is 11.8 Å². The Balaban J connectivity index is 2.27. The van der Waals surface area contributed by atoms with Gasteiger partial charge in [0.15, 0.2) is 0 Å². The first kappa shape index (κ1) is 24.2. The molecule has 0 radical (unpaired) electrons. The molecule has 0 amide bonds. The second-order valence-electron chi connectivity index (χ2n) is 7.46. The summed E-state index contributed by atoms with van der Waals surface area (Å²) in [4.78, 5) is 24.9. The molecule has 0 heterocycles. The van der Waals surface area contributed by atoms with E-state index in [2.05, 4.69) is 13.2 Å². The smallest absolute Gasteiger partial charge is 0.313 e. The minimum atomic E-state index is -0.505. The number of carbonyl (C=O) groups is 2. The van der Waals surface area contributed by atoms with Crippen molar-refractivity contribution in [3.8, 4) is 0 Å². The fourth-order valence-electron chi connectivity index (χ4n) is 3.38. The zero-order valence-electron chi connectivity index (χ0n) is 17.4. The number of hydrogen-bond acceptors (Lipinski definition) is 4. The molecule has 2 atom stereocenters. The molecule has 28 heavy (non-hydrogen) atoms. The van der Waals surface area contributed by atoms with Crippen molar-refractivity contribution in [3.63, 3.8) is 0 Å². The first-order chi connectivity index (χ1) is 13.7. The maximum atomic E-state index is 12.4. The maximum Gasteiger partial charge on any atom is 0.313 e.